The number of hydrogen-bond acceptors (Lipinski definition) is 5. The van der Waals surface area contributed by atoms with Crippen molar-refractivity contribution in [3.05, 3.63) is 24.3 Å². The first-order valence-electron chi connectivity index (χ1n) is 32.1. The zero-order valence-corrected chi connectivity index (χ0v) is 48.0. The summed E-state index contributed by atoms with van der Waals surface area (Å²) in [6.45, 7) is 4.93. The summed E-state index contributed by atoms with van der Waals surface area (Å²) in [6, 6.07) is -0.548. The molecule has 71 heavy (non-hydrogen) atoms. The van der Waals surface area contributed by atoms with Gasteiger partial charge in [0.15, 0.2) is 0 Å². The SMILES string of the molecule is CCCCC/C=C\C/C=C\CCCCCCCC(=O)OCCCCCCCCCCCCCCCCCCC(=O)NC(CO)C(O)CCCCCCCCCCCCCCCCCCCCCCCCC. The van der Waals surface area contributed by atoms with Crippen molar-refractivity contribution in [2.75, 3.05) is 13.2 Å². The fourth-order valence-electron chi connectivity index (χ4n) is 10.1. The summed E-state index contributed by atoms with van der Waals surface area (Å²) in [5.74, 6) is -0.0483. The lowest BCUT2D eigenvalue weighted by molar-refractivity contribution is -0.143. The van der Waals surface area contributed by atoms with Gasteiger partial charge in [-0.2, -0.15) is 0 Å². The Morgan fingerprint density at radius 3 is 1.10 bits per heavy atom. The molecule has 0 radical (unpaired) electrons. The summed E-state index contributed by atoms with van der Waals surface area (Å²) in [5.41, 5.74) is 0. The minimum Gasteiger partial charge on any atom is -0.466 e. The third kappa shape index (κ3) is 57.5. The van der Waals surface area contributed by atoms with E-state index in [0.29, 0.717) is 25.9 Å². The van der Waals surface area contributed by atoms with Gasteiger partial charge in [-0.1, -0.05) is 308 Å². The van der Waals surface area contributed by atoms with Crippen molar-refractivity contribution in [2.24, 2.45) is 0 Å². The van der Waals surface area contributed by atoms with Crippen molar-refractivity contribution in [1.29, 1.82) is 0 Å². The van der Waals surface area contributed by atoms with E-state index in [1.807, 2.05) is 0 Å². The van der Waals surface area contributed by atoms with Crippen molar-refractivity contribution in [1.82, 2.24) is 5.32 Å². The van der Waals surface area contributed by atoms with E-state index in [1.165, 1.54) is 263 Å². The molecule has 0 saturated heterocycles. The minimum atomic E-state index is -0.671. The lowest BCUT2D eigenvalue weighted by atomic mass is 10.0. The summed E-state index contributed by atoms with van der Waals surface area (Å²) < 4.78 is 5.47. The molecule has 0 aromatic heterocycles. The molecule has 0 rings (SSSR count). The third-order valence-corrected chi connectivity index (χ3v) is 15.0. The molecule has 6 nitrogen and oxygen atoms in total. The van der Waals surface area contributed by atoms with Crippen LogP contribution >= 0.6 is 0 Å². The normalized spacial score (nSPS) is 12.7. The average molecular weight is 1000 g/mol. The van der Waals surface area contributed by atoms with E-state index < -0.39 is 12.1 Å². The maximum absolute atomic E-state index is 12.5. The Bertz CT molecular complexity index is 1110. The Balaban J connectivity index is 3.42. The summed E-state index contributed by atoms with van der Waals surface area (Å²) >= 11 is 0. The summed E-state index contributed by atoms with van der Waals surface area (Å²) in [6.07, 6.45) is 74.7. The lowest BCUT2D eigenvalue weighted by Gasteiger charge is -2.22. The number of unbranched alkanes of at least 4 members (excludes halogenated alkanes) is 45. The molecule has 0 aliphatic heterocycles. The number of amides is 1. The zero-order chi connectivity index (χ0) is 51.4. The molecule has 6 heteroatoms. The Morgan fingerprint density at radius 1 is 0.394 bits per heavy atom. The van der Waals surface area contributed by atoms with E-state index in [1.54, 1.807) is 0 Å². The van der Waals surface area contributed by atoms with Gasteiger partial charge in [-0.15, -0.1) is 0 Å². The van der Waals surface area contributed by atoms with Crippen LogP contribution in [0.3, 0.4) is 0 Å². The first kappa shape index (κ1) is 69.3. The van der Waals surface area contributed by atoms with Gasteiger partial charge in [-0.3, -0.25) is 9.59 Å². The molecule has 0 aliphatic carbocycles. The summed E-state index contributed by atoms with van der Waals surface area (Å²) in [7, 11) is 0. The van der Waals surface area contributed by atoms with E-state index in [-0.39, 0.29) is 18.5 Å². The molecule has 0 fully saturated rings. The summed E-state index contributed by atoms with van der Waals surface area (Å²) in [4.78, 5) is 24.6. The van der Waals surface area contributed by atoms with E-state index in [4.69, 9.17) is 4.74 Å². The maximum atomic E-state index is 12.5. The Hall–Kier alpha value is -1.66. The highest BCUT2D eigenvalue weighted by molar-refractivity contribution is 5.76. The number of allylic oxidation sites excluding steroid dienone is 4. The van der Waals surface area contributed by atoms with Crippen molar-refractivity contribution in [2.45, 2.75) is 366 Å². The average Bonchev–Trinajstić information content (AvgIpc) is 3.37. The molecule has 1 amide bonds. The highest BCUT2D eigenvalue weighted by atomic mass is 16.5. The second-order valence-corrected chi connectivity index (χ2v) is 22.1. The molecule has 0 aliphatic rings. The maximum Gasteiger partial charge on any atom is 0.305 e. The van der Waals surface area contributed by atoms with Gasteiger partial charge in [0.2, 0.25) is 5.91 Å². The van der Waals surface area contributed by atoms with Crippen molar-refractivity contribution < 1.29 is 24.5 Å². The number of aliphatic hydroxyl groups is 2. The zero-order valence-electron chi connectivity index (χ0n) is 48.0. The number of carbonyl (C=O) groups excluding carboxylic acids is 2. The molecular formula is C65H125NO5. The molecule has 0 heterocycles. The largest absolute Gasteiger partial charge is 0.466 e. The predicted octanol–water partition coefficient (Wildman–Crippen LogP) is 20.2. The van der Waals surface area contributed by atoms with Gasteiger partial charge < -0.3 is 20.3 Å². The van der Waals surface area contributed by atoms with Crippen LogP contribution in [-0.2, 0) is 14.3 Å². The van der Waals surface area contributed by atoms with Crippen LogP contribution in [0, 0.1) is 0 Å². The first-order valence-corrected chi connectivity index (χ1v) is 32.1. The van der Waals surface area contributed by atoms with Crippen molar-refractivity contribution in [3.63, 3.8) is 0 Å². The van der Waals surface area contributed by atoms with Crippen LogP contribution in [-0.4, -0.2) is 47.4 Å². The molecule has 0 aromatic rings. The van der Waals surface area contributed by atoms with Crippen LogP contribution in [0.25, 0.3) is 0 Å². The highest BCUT2D eigenvalue weighted by Gasteiger charge is 2.20. The fraction of sp³-hybridized carbons (Fsp3) is 0.908. The van der Waals surface area contributed by atoms with Crippen LogP contribution in [0.4, 0.5) is 0 Å². The molecule has 0 saturated carbocycles. The number of ether oxygens (including phenoxy) is 1. The Labute approximate surface area is 443 Å². The van der Waals surface area contributed by atoms with Gasteiger partial charge in [0, 0.05) is 12.8 Å². The minimum absolute atomic E-state index is 0.00985. The lowest BCUT2D eigenvalue weighted by Crippen LogP contribution is -2.45. The van der Waals surface area contributed by atoms with Gasteiger partial charge in [0.1, 0.15) is 0 Å². The van der Waals surface area contributed by atoms with Crippen molar-refractivity contribution >= 4 is 11.9 Å². The van der Waals surface area contributed by atoms with Gasteiger partial charge in [-0.25, -0.2) is 0 Å². The van der Waals surface area contributed by atoms with E-state index in [0.717, 1.165) is 57.8 Å². The highest BCUT2D eigenvalue weighted by Crippen LogP contribution is 2.18. The standard InChI is InChI=1S/C65H125NO5/c1-3-5-7-9-11-13-15-17-19-20-21-22-23-24-25-26-30-33-37-41-45-49-53-57-63(68)62(61-67)66-64(69)58-54-50-46-42-38-34-31-27-28-32-36-40-44-48-52-56-60-71-65(70)59-55-51-47-43-39-35-29-18-16-14-12-10-8-6-4-2/h12,14,18,29,62-63,67-68H,3-11,13,15-17,19-28,30-61H2,1-2H3,(H,66,69)/b14-12-,29-18-. The quantitative estimate of drug-likeness (QED) is 0.0320. The molecule has 0 aromatic carbocycles. The molecule has 0 spiro atoms. The van der Waals surface area contributed by atoms with Gasteiger partial charge >= 0.3 is 5.97 Å². The number of nitrogens with one attached hydrogen (secondary N) is 1. The number of aliphatic hydroxyl groups excluding tert-OH is 2. The topological polar surface area (TPSA) is 95.9 Å². The Morgan fingerprint density at radius 2 is 0.704 bits per heavy atom. The van der Waals surface area contributed by atoms with Gasteiger partial charge in [0.05, 0.1) is 25.4 Å². The number of hydrogen-bond donors (Lipinski definition) is 3. The monoisotopic (exact) mass is 1000 g/mol. The van der Waals surface area contributed by atoms with Crippen LogP contribution in [0.15, 0.2) is 24.3 Å². The summed E-state index contributed by atoms with van der Waals surface area (Å²) in [5, 5.41) is 23.4. The van der Waals surface area contributed by atoms with Crippen LogP contribution < -0.4 is 5.32 Å². The smallest absolute Gasteiger partial charge is 0.305 e. The van der Waals surface area contributed by atoms with Crippen LogP contribution in [0.1, 0.15) is 354 Å². The van der Waals surface area contributed by atoms with Gasteiger partial charge in [-0.05, 0) is 57.8 Å². The molecule has 2 atom stereocenters. The molecule has 0 bridgehead atoms. The van der Waals surface area contributed by atoms with E-state index in [2.05, 4.69) is 43.5 Å². The van der Waals surface area contributed by atoms with Crippen LogP contribution in [0.5, 0.6) is 0 Å². The van der Waals surface area contributed by atoms with Crippen molar-refractivity contribution in [3.8, 4) is 0 Å². The van der Waals surface area contributed by atoms with E-state index in [9.17, 15) is 19.8 Å². The first-order chi connectivity index (χ1) is 35.0. The number of carbonyl (C=O) groups is 2. The third-order valence-electron chi connectivity index (χ3n) is 15.0. The fourth-order valence-corrected chi connectivity index (χ4v) is 10.1. The molecule has 420 valence electrons. The van der Waals surface area contributed by atoms with Crippen LogP contribution in [0.2, 0.25) is 0 Å². The molecule has 2 unspecified atom stereocenters. The Kier molecular flexibility index (Phi) is 59.5. The molecule has 3 N–H and O–H groups in total. The second kappa shape index (κ2) is 60.9. The number of rotatable bonds is 60. The van der Waals surface area contributed by atoms with E-state index >= 15 is 0 Å². The number of esters is 1. The van der Waals surface area contributed by atoms with Gasteiger partial charge in [0.25, 0.3) is 0 Å². The molecular weight excluding hydrogens is 875 g/mol. The second-order valence-electron chi connectivity index (χ2n) is 22.1. The predicted molar refractivity (Wildman–Crippen MR) is 310 cm³/mol.